The molecule has 5 heteroatoms. The van der Waals surface area contributed by atoms with E-state index in [-0.39, 0.29) is 13.0 Å². The Balaban J connectivity index is 3.04. The number of rotatable bonds is 7. The second-order valence-electron chi connectivity index (χ2n) is 5.72. The zero-order valence-electron chi connectivity index (χ0n) is 13.1. The highest BCUT2D eigenvalue weighted by Crippen LogP contribution is 2.27. The minimum Gasteiger partial charge on any atom is -0.481 e. The number of aryl methyl sites for hydroxylation is 3. The summed E-state index contributed by atoms with van der Waals surface area (Å²) in [5.74, 6) is -0.987. The van der Waals surface area contributed by atoms with Crippen LogP contribution in [0.1, 0.15) is 41.7 Å². The van der Waals surface area contributed by atoms with E-state index in [9.17, 15) is 15.0 Å². The zero-order chi connectivity index (χ0) is 16.2. The molecule has 118 valence electrons. The summed E-state index contributed by atoms with van der Waals surface area (Å²) >= 11 is 0. The first kappa shape index (κ1) is 17.6. The standard InChI is InChI=1S/C16H25NO4/c1-9-5-10(2)15(11(3)6-9)16(21)13(7-14(19)20)17-8-12(4)18/h5-6,12-13,16-18,21H,7-8H2,1-4H3,(H,19,20). The number of carbonyl (C=O) groups is 1. The molecule has 0 radical (unpaired) electrons. The van der Waals surface area contributed by atoms with Gasteiger partial charge in [0.25, 0.3) is 0 Å². The number of hydrogen-bond donors (Lipinski definition) is 4. The van der Waals surface area contributed by atoms with Crippen LogP contribution in [0.15, 0.2) is 12.1 Å². The van der Waals surface area contributed by atoms with Crippen molar-refractivity contribution in [2.24, 2.45) is 0 Å². The fourth-order valence-corrected chi connectivity index (χ4v) is 2.66. The van der Waals surface area contributed by atoms with Gasteiger partial charge in [0.05, 0.1) is 18.6 Å². The van der Waals surface area contributed by atoms with Gasteiger partial charge in [-0.3, -0.25) is 4.79 Å². The predicted octanol–water partition coefficient (Wildman–Crippen LogP) is 1.46. The molecule has 21 heavy (non-hydrogen) atoms. The quantitative estimate of drug-likeness (QED) is 0.611. The van der Waals surface area contributed by atoms with Crippen molar-refractivity contribution in [3.8, 4) is 0 Å². The molecule has 3 unspecified atom stereocenters. The Kier molecular flexibility index (Phi) is 6.33. The highest BCUT2D eigenvalue weighted by atomic mass is 16.4. The summed E-state index contributed by atoms with van der Waals surface area (Å²) < 4.78 is 0. The van der Waals surface area contributed by atoms with E-state index in [0.717, 1.165) is 22.3 Å². The van der Waals surface area contributed by atoms with Crippen molar-refractivity contribution in [1.29, 1.82) is 0 Å². The summed E-state index contributed by atoms with van der Waals surface area (Å²) in [5.41, 5.74) is 3.74. The summed E-state index contributed by atoms with van der Waals surface area (Å²) in [6.07, 6.45) is -1.74. The van der Waals surface area contributed by atoms with Crippen molar-refractivity contribution in [3.63, 3.8) is 0 Å². The minimum absolute atomic E-state index is 0.208. The lowest BCUT2D eigenvalue weighted by Gasteiger charge is -2.26. The first-order chi connectivity index (χ1) is 9.72. The fraction of sp³-hybridized carbons (Fsp3) is 0.562. The predicted molar refractivity (Wildman–Crippen MR) is 81.3 cm³/mol. The topological polar surface area (TPSA) is 89.8 Å². The summed E-state index contributed by atoms with van der Waals surface area (Å²) in [7, 11) is 0. The number of benzene rings is 1. The van der Waals surface area contributed by atoms with Crippen LogP contribution in [0.2, 0.25) is 0 Å². The van der Waals surface area contributed by atoms with E-state index in [0.29, 0.717) is 0 Å². The number of carboxylic acids is 1. The number of carboxylic acid groups (broad SMARTS) is 1. The van der Waals surface area contributed by atoms with Crippen LogP contribution in [0.3, 0.4) is 0 Å². The van der Waals surface area contributed by atoms with Gasteiger partial charge in [-0.05, 0) is 44.4 Å². The van der Waals surface area contributed by atoms with Crippen LogP contribution in [0, 0.1) is 20.8 Å². The van der Waals surface area contributed by atoms with Gasteiger partial charge < -0.3 is 20.6 Å². The van der Waals surface area contributed by atoms with Crippen LogP contribution in [0.25, 0.3) is 0 Å². The van der Waals surface area contributed by atoms with Gasteiger partial charge in [-0.25, -0.2) is 0 Å². The molecule has 0 amide bonds. The number of aliphatic hydroxyl groups excluding tert-OH is 2. The van der Waals surface area contributed by atoms with Gasteiger partial charge in [0.2, 0.25) is 0 Å². The molecule has 0 spiro atoms. The maximum atomic E-state index is 11.0. The van der Waals surface area contributed by atoms with Crippen molar-refractivity contribution in [3.05, 3.63) is 34.4 Å². The van der Waals surface area contributed by atoms with Crippen molar-refractivity contribution in [1.82, 2.24) is 5.32 Å². The van der Waals surface area contributed by atoms with Gasteiger partial charge in [0.15, 0.2) is 0 Å². The van der Waals surface area contributed by atoms with E-state index in [1.165, 1.54) is 0 Å². The lowest BCUT2D eigenvalue weighted by Crippen LogP contribution is -2.40. The highest BCUT2D eigenvalue weighted by Gasteiger charge is 2.26. The van der Waals surface area contributed by atoms with E-state index in [2.05, 4.69) is 5.32 Å². The third kappa shape index (κ3) is 5.12. The SMILES string of the molecule is Cc1cc(C)c(C(O)C(CC(=O)O)NCC(C)O)c(C)c1. The maximum Gasteiger partial charge on any atom is 0.305 e. The normalized spacial score (nSPS) is 15.5. The molecule has 0 bridgehead atoms. The van der Waals surface area contributed by atoms with Crippen LogP contribution in [0.5, 0.6) is 0 Å². The molecule has 0 aliphatic rings. The third-order valence-electron chi connectivity index (χ3n) is 3.48. The molecule has 4 N–H and O–H groups in total. The molecular weight excluding hydrogens is 270 g/mol. The molecular formula is C16H25NO4. The molecule has 5 nitrogen and oxygen atoms in total. The Morgan fingerprint density at radius 3 is 2.14 bits per heavy atom. The number of aliphatic carboxylic acids is 1. The Labute approximate surface area is 125 Å². The van der Waals surface area contributed by atoms with Crippen LogP contribution in [0.4, 0.5) is 0 Å². The van der Waals surface area contributed by atoms with E-state index in [1.807, 2.05) is 32.9 Å². The monoisotopic (exact) mass is 295 g/mol. The van der Waals surface area contributed by atoms with Crippen LogP contribution in [-0.4, -0.2) is 40.0 Å². The van der Waals surface area contributed by atoms with Gasteiger partial charge in [-0.15, -0.1) is 0 Å². The van der Waals surface area contributed by atoms with Crippen LogP contribution < -0.4 is 5.32 Å². The van der Waals surface area contributed by atoms with Crippen LogP contribution in [-0.2, 0) is 4.79 Å². The molecule has 1 aromatic rings. The Morgan fingerprint density at radius 2 is 1.71 bits per heavy atom. The molecule has 0 saturated heterocycles. The molecule has 0 aromatic heterocycles. The molecule has 0 fully saturated rings. The molecule has 1 aromatic carbocycles. The van der Waals surface area contributed by atoms with Gasteiger partial charge in [0.1, 0.15) is 0 Å². The molecule has 0 aliphatic heterocycles. The second-order valence-corrected chi connectivity index (χ2v) is 5.72. The third-order valence-corrected chi connectivity index (χ3v) is 3.48. The molecule has 1 rings (SSSR count). The molecule has 0 saturated carbocycles. The first-order valence-corrected chi connectivity index (χ1v) is 7.11. The summed E-state index contributed by atoms with van der Waals surface area (Å²) in [6.45, 7) is 7.64. The molecule has 0 aliphatic carbocycles. The largest absolute Gasteiger partial charge is 0.481 e. The lowest BCUT2D eigenvalue weighted by molar-refractivity contribution is -0.138. The van der Waals surface area contributed by atoms with Crippen molar-refractivity contribution < 1.29 is 20.1 Å². The van der Waals surface area contributed by atoms with Crippen molar-refractivity contribution in [2.75, 3.05) is 6.54 Å². The van der Waals surface area contributed by atoms with Crippen molar-refractivity contribution >= 4 is 5.97 Å². The van der Waals surface area contributed by atoms with E-state index in [1.54, 1.807) is 6.92 Å². The summed E-state index contributed by atoms with van der Waals surface area (Å²) in [6, 6.07) is 3.30. The average Bonchev–Trinajstić information content (AvgIpc) is 2.32. The van der Waals surface area contributed by atoms with Gasteiger partial charge >= 0.3 is 5.97 Å². The van der Waals surface area contributed by atoms with E-state index < -0.39 is 24.2 Å². The summed E-state index contributed by atoms with van der Waals surface area (Å²) in [4.78, 5) is 11.0. The first-order valence-electron chi connectivity index (χ1n) is 7.11. The number of aliphatic hydroxyl groups is 2. The smallest absolute Gasteiger partial charge is 0.305 e. The van der Waals surface area contributed by atoms with Gasteiger partial charge in [-0.1, -0.05) is 17.7 Å². The number of hydrogen-bond acceptors (Lipinski definition) is 4. The summed E-state index contributed by atoms with van der Waals surface area (Å²) in [5, 5.41) is 31.9. The Hall–Kier alpha value is -1.43. The second kappa shape index (κ2) is 7.54. The Morgan fingerprint density at radius 1 is 1.19 bits per heavy atom. The van der Waals surface area contributed by atoms with E-state index >= 15 is 0 Å². The Bertz CT molecular complexity index is 476. The average molecular weight is 295 g/mol. The molecule has 3 atom stereocenters. The minimum atomic E-state index is -0.987. The maximum absolute atomic E-state index is 11.0. The fourth-order valence-electron chi connectivity index (χ4n) is 2.66. The highest BCUT2D eigenvalue weighted by molar-refractivity contribution is 5.67. The van der Waals surface area contributed by atoms with E-state index in [4.69, 9.17) is 5.11 Å². The zero-order valence-corrected chi connectivity index (χ0v) is 13.1. The molecule has 0 heterocycles. The number of nitrogens with one attached hydrogen (secondary N) is 1. The van der Waals surface area contributed by atoms with Crippen molar-refractivity contribution in [2.45, 2.75) is 52.4 Å². The van der Waals surface area contributed by atoms with Gasteiger partial charge in [-0.2, -0.15) is 0 Å². The van der Waals surface area contributed by atoms with Crippen LogP contribution >= 0.6 is 0 Å². The lowest BCUT2D eigenvalue weighted by atomic mass is 9.90. The van der Waals surface area contributed by atoms with Gasteiger partial charge in [0, 0.05) is 12.6 Å².